The van der Waals surface area contributed by atoms with Crippen molar-refractivity contribution in [1.82, 2.24) is 0 Å². The third-order valence-electron chi connectivity index (χ3n) is 2.11. The van der Waals surface area contributed by atoms with Crippen LogP contribution in [-0.4, -0.2) is 13.1 Å². The molecule has 94 valence electrons. The maximum Gasteiger partial charge on any atom is 0.416 e. The van der Waals surface area contributed by atoms with E-state index in [1.54, 1.807) is 0 Å². The summed E-state index contributed by atoms with van der Waals surface area (Å²) in [5.74, 6) is -0.855. The zero-order chi connectivity index (χ0) is 13.2. The summed E-state index contributed by atoms with van der Waals surface area (Å²) >= 11 is 5.69. The standard InChI is InChI=1S/C10H9ClF3NO2/c1-17-9(16)8(15)6-4-5(10(12,13)14)2-3-7(6)11/h2-4,8H,15H2,1H3/t8-/m0/s1. The van der Waals surface area contributed by atoms with Gasteiger partial charge in [0.25, 0.3) is 0 Å². The minimum Gasteiger partial charge on any atom is -0.468 e. The molecule has 0 aliphatic carbocycles. The van der Waals surface area contributed by atoms with Gasteiger partial charge < -0.3 is 10.5 Å². The number of methoxy groups -OCH3 is 1. The molecule has 1 rings (SSSR count). The summed E-state index contributed by atoms with van der Waals surface area (Å²) in [6.45, 7) is 0. The van der Waals surface area contributed by atoms with Crippen LogP contribution in [0.25, 0.3) is 0 Å². The molecule has 3 nitrogen and oxygen atoms in total. The smallest absolute Gasteiger partial charge is 0.416 e. The molecular weight excluding hydrogens is 259 g/mol. The van der Waals surface area contributed by atoms with E-state index in [0.717, 1.165) is 25.3 Å². The summed E-state index contributed by atoms with van der Waals surface area (Å²) in [6, 6.07) is 1.26. The molecule has 1 atom stereocenters. The van der Waals surface area contributed by atoms with Gasteiger partial charge in [-0.1, -0.05) is 11.6 Å². The van der Waals surface area contributed by atoms with Crippen molar-refractivity contribution in [3.8, 4) is 0 Å². The first-order valence-electron chi connectivity index (χ1n) is 4.47. The highest BCUT2D eigenvalue weighted by atomic mass is 35.5. The van der Waals surface area contributed by atoms with E-state index in [2.05, 4.69) is 4.74 Å². The monoisotopic (exact) mass is 267 g/mol. The second-order valence-corrected chi connectivity index (χ2v) is 3.64. The molecule has 17 heavy (non-hydrogen) atoms. The number of carbonyl (C=O) groups excluding carboxylic acids is 1. The second-order valence-electron chi connectivity index (χ2n) is 3.23. The van der Waals surface area contributed by atoms with Gasteiger partial charge in [-0.25, -0.2) is 0 Å². The van der Waals surface area contributed by atoms with Crippen molar-refractivity contribution in [3.05, 3.63) is 34.3 Å². The van der Waals surface area contributed by atoms with Gasteiger partial charge in [0.15, 0.2) is 0 Å². The largest absolute Gasteiger partial charge is 0.468 e. The van der Waals surface area contributed by atoms with Crippen LogP contribution in [0, 0.1) is 0 Å². The molecule has 0 aromatic heterocycles. The number of halogens is 4. The Hall–Kier alpha value is -1.27. The minimum atomic E-state index is -4.52. The van der Waals surface area contributed by atoms with Crippen LogP contribution in [0.1, 0.15) is 17.2 Å². The van der Waals surface area contributed by atoms with Crippen LogP contribution in [-0.2, 0) is 15.7 Å². The van der Waals surface area contributed by atoms with Gasteiger partial charge in [0.2, 0.25) is 0 Å². The van der Waals surface area contributed by atoms with Crippen LogP contribution >= 0.6 is 11.6 Å². The highest BCUT2D eigenvalue weighted by molar-refractivity contribution is 6.31. The SMILES string of the molecule is COC(=O)[C@@H](N)c1cc(C(F)(F)F)ccc1Cl. The lowest BCUT2D eigenvalue weighted by atomic mass is 10.0. The average molecular weight is 268 g/mol. The normalized spacial score (nSPS) is 13.3. The molecule has 0 bridgehead atoms. The van der Waals surface area contributed by atoms with Crippen LogP contribution in [0.2, 0.25) is 5.02 Å². The van der Waals surface area contributed by atoms with E-state index in [1.807, 2.05) is 0 Å². The summed E-state index contributed by atoms with van der Waals surface area (Å²) in [6.07, 6.45) is -4.52. The highest BCUT2D eigenvalue weighted by Gasteiger charge is 2.32. The van der Waals surface area contributed by atoms with Gasteiger partial charge in [0.05, 0.1) is 12.7 Å². The fraction of sp³-hybridized carbons (Fsp3) is 0.300. The van der Waals surface area contributed by atoms with Crippen LogP contribution < -0.4 is 5.73 Å². The second kappa shape index (κ2) is 4.93. The molecule has 1 aromatic carbocycles. The summed E-state index contributed by atoms with van der Waals surface area (Å²) in [4.78, 5) is 11.1. The van der Waals surface area contributed by atoms with Crippen molar-refractivity contribution in [1.29, 1.82) is 0 Å². The molecule has 0 unspecified atom stereocenters. The Morgan fingerprint density at radius 3 is 2.53 bits per heavy atom. The van der Waals surface area contributed by atoms with Gasteiger partial charge in [-0.05, 0) is 23.8 Å². The lowest BCUT2D eigenvalue weighted by Gasteiger charge is -2.14. The average Bonchev–Trinajstić information content (AvgIpc) is 2.26. The third kappa shape index (κ3) is 3.10. The number of ether oxygens (including phenoxy) is 1. The molecule has 0 saturated carbocycles. The van der Waals surface area contributed by atoms with Crippen LogP contribution in [0.4, 0.5) is 13.2 Å². The van der Waals surface area contributed by atoms with Crippen molar-refractivity contribution in [2.75, 3.05) is 7.11 Å². The molecule has 0 aliphatic rings. The van der Waals surface area contributed by atoms with E-state index < -0.39 is 23.8 Å². The summed E-state index contributed by atoms with van der Waals surface area (Å²) in [7, 11) is 1.09. The predicted octanol–water partition coefficient (Wildman–Crippen LogP) is 2.53. The van der Waals surface area contributed by atoms with Gasteiger partial charge >= 0.3 is 12.1 Å². The number of nitrogens with two attached hydrogens (primary N) is 1. The number of alkyl halides is 3. The van der Waals surface area contributed by atoms with E-state index in [0.29, 0.717) is 0 Å². The molecule has 0 aliphatic heterocycles. The van der Waals surface area contributed by atoms with E-state index in [9.17, 15) is 18.0 Å². The first-order valence-corrected chi connectivity index (χ1v) is 4.85. The molecule has 0 spiro atoms. The molecule has 1 aromatic rings. The molecule has 0 heterocycles. The molecule has 0 amide bonds. The van der Waals surface area contributed by atoms with E-state index in [1.165, 1.54) is 0 Å². The molecular formula is C10H9ClF3NO2. The van der Waals surface area contributed by atoms with Gasteiger partial charge in [0.1, 0.15) is 6.04 Å². The van der Waals surface area contributed by atoms with Gasteiger partial charge in [-0.3, -0.25) is 4.79 Å². The Labute approximate surface area is 100 Å². The van der Waals surface area contributed by atoms with Gasteiger partial charge in [-0.15, -0.1) is 0 Å². The lowest BCUT2D eigenvalue weighted by molar-refractivity contribution is -0.143. The van der Waals surface area contributed by atoms with Gasteiger partial charge in [-0.2, -0.15) is 13.2 Å². The van der Waals surface area contributed by atoms with Crippen molar-refractivity contribution in [2.24, 2.45) is 5.73 Å². The Bertz CT molecular complexity index is 434. The van der Waals surface area contributed by atoms with Crippen molar-refractivity contribution in [2.45, 2.75) is 12.2 Å². The number of carbonyl (C=O) groups is 1. The summed E-state index contributed by atoms with van der Waals surface area (Å²) < 4.78 is 41.7. The fourth-order valence-electron chi connectivity index (χ4n) is 1.21. The molecule has 7 heteroatoms. The van der Waals surface area contributed by atoms with Crippen molar-refractivity contribution < 1.29 is 22.7 Å². The van der Waals surface area contributed by atoms with Crippen molar-refractivity contribution >= 4 is 17.6 Å². The first kappa shape index (κ1) is 13.8. The quantitative estimate of drug-likeness (QED) is 0.838. The number of hydrogen-bond acceptors (Lipinski definition) is 3. The van der Waals surface area contributed by atoms with E-state index in [4.69, 9.17) is 17.3 Å². The van der Waals surface area contributed by atoms with E-state index in [-0.39, 0.29) is 10.6 Å². The topological polar surface area (TPSA) is 52.3 Å². The fourth-order valence-corrected chi connectivity index (χ4v) is 1.45. The minimum absolute atomic E-state index is 0.0177. The summed E-state index contributed by atoms with van der Waals surface area (Å²) in [5.41, 5.74) is 4.40. The molecule has 0 saturated heterocycles. The number of esters is 1. The van der Waals surface area contributed by atoms with Crippen molar-refractivity contribution in [3.63, 3.8) is 0 Å². The van der Waals surface area contributed by atoms with Crippen LogP contribution in [0.3, 0.4) is 0 Å². The number of benzene rings is 1. The zero-order valence-electron chi connectivity index (χ0n) is 8.72. The number of rotatable bonds is 2. The highest BCUT2D eigenvalue weighted by Crippen LogP contribution is 2.33. The molecule has 0 fully saturated rings. The Balaban J connectivity index is 3.20. The molecule has 2 N–H and O–H groups in total. The third-order valence-corrected chi connectivity index (χ3v) is 2.46. The maximum atomic E-state index is 12.4. The Morgan fingerprint density at radius 2 is 2.06 bits per heavy atom. The van der Waals surface area contributed by atoms with E-state index >= 15 is 0 Å². The van der Waals surface area contributed by atoms with Crippen LogP contribution in [0.15, 0.2) is 18.2 Å². The van der Waals surface area contributed by atoms with Crippen LogP contribution in [0.5, 0.6) is 0 Å². The summed E-state index contributed by atoms with van der Waals surface area (Å²) in [5, 5.41) is -0.0177. The maximum absolute atomic E-state index is 12.4. The predicted molar refractivity (Wildman–Crippen MR) is 55.4 cm³/mol. The molecule has 0 radical (unpaired) electrons. The Kier molecular flexibility index (Phi) is 4.00. The Morgan fingerprint density at radius 1 is 1.47 bits per heavy atom. The van der Waals surface area contributed by atoms with Gasteiger partial charge in [0, 0.05) is 5.02 Å². The number of hydrogen-bond donors (Lipinski definition) is 1. The lowest BCUT2D eigenvalue weighted by Crippen LogP contribution is -2.23. The first-order chi connectivity index (χ1) is 7.77. The zero-order valence-corrected chi connectivity index (χ0v) is 9.47.